The van der Waals surface area contributed by atoms with E-state index in [-0.39, 0.29) is 9.90 Å². The summed E-state index contributed by atoms with van der Waals surface area (Å²) in [6.07, 6.45) is 5.11. The monoisotopic (exact) mass is 288 g/mol. The SMILES string of the molecule is C=CCCc1ccc(-c2ccc(CP)cc2)cc1.P. The predicted octanol–water partition coefficient (Wildman–Crippen LogP) is 4.91. The van der Waals surface area contributed by atoms with Gasteiger partial charge in [0.25, 0.3) is 0 Å². The number of rotatable bonds is 5. The number of allylic oxidation sites excluding steroid dienone is 1. The van der Waals surface area contributed by atoms with Crippen LogP contribution in [-0.2, 0) is 12.6 Å². The molecule has 0 amide bonds. The zero-order valence-corrected chi connectivity index (χ0v) is 13.9. The van der Waals surface area contributed by atoms with Gasteiger partial charge >= 0.3 is 0 Å². The molecule has 100 valence electrons. The first kappa shape index (κ1) is 16.1. The van der Waals surface area contributed by atoms with E-state index in [2.05, 4.69) is 64.3 Å². The quantitative estimate of drug-likeness (QED) is 0.542. The van der Waals surface area contributed by atoms with Gasteiger partial charge in [-0.15, -0.1) is 15.8 Å². The van der Waals surface area contributed by atoms with E-state index in [1.165, 1.54) is 22.3 Å². The maximum atomic E-state index is 3.76. The van der Waals surface area contributed by atoms with Gasteiger partial charge in [-0.3, -0.25) is 0 Å². The van der Waals surface area contributed by atoms with Crippen molar-refractivity contribution in [2.75, 3.05) is 0 Å². The fourth-order valence-electron chi connectivity index (χ4n) is 1.97. The van der Waals surface area contributed by atoms with Crippen LogP contribution >= 0.6 is 19.1 Å². The molecule has 0 fully saturated rings. The fourth-order valence-corrected chi connectivity index (χ4v) is 2.24. The predicted molar refractivity (Wildman–Crippen MR) is 94.9 cm³/mol. The van der Waals surface area contributed by atoms with E-state index in [1.54, 1.807) is 0 Å². The third-order valence-corrected chi connectivity index (χ3v) is 3.59. The van der Waals surface area contributed by atoms with E-state index in [0.717, 1.165) is 19.0 Å². The standard InChI is InChI=1S/C17H19P.H3P/c1-2-3-4-14-5-9-16(10-6-14)17-11-7-15(13-18)8-12-17;/h2,5-12H,1,3-4,13,18H2;1H3. The molecule has 0 nitrogen and oxygen atoms in total. The second-order valence-electron chi connectivity index (χ2n) is 4.43. The molecule has 2 atom stereocenters. The molecule has 0 aromatic heterocycles. The van der Waals surface area contributed by atoms with Crippen molar-refractivity contribution in [3.63, 3.8) is 0 Å². The van der Waals surface area contributed by atoms with Gasteiger partial charge < -0.3 is 0 Å². The average Bonchev–Trinajstić information content (AvgIpc) is 2.46. The van der Waals surface area contributed by atoms with Crippen LogP contribution in [0.3, 0.4) is 0 Å². The summed E-state index contributed by atoms with van der Waals surface area (Å²) in [7, 11) is 2.75. The first-order valence-corrected chi connectivity index (χ1v) is 7.14. The summed E-state index contributed by atoms with van der Waals surface area (Å²) in [6.45, 7) is 3.76. The molecule has 2 heteroatoms. The van der Waals surface area contributed by atoms with Gasteiger partial charge in [0.05, 0.1) is 0 Å². The van der Waals surface area contributed by atoms with Crippen molar-refractivity contribution < 1.29 is 0 Å². The highest BCUT2D eigenvalue weighted by molar-refractivity contribution is 7.15. The Hall–Kier alpha value is -0.960. The summed E-state index contributed by atoms with van der Waals surface area (Å²) in [5.74, 6) is 0. The van der Waals surface area contributed by atoms with Crippen LogP contribution in [0.4, 0.5) is 0 Å². The molecule has 0 bridgehead atoms. The van der Waals surface area contributed by atoms with Crippen LogP contribution in [0.1, 0.15) is 17.5 Å². The maximum Gasteiger partial charge on any atom is -0.0128 e. The van der Waals surface area contributed by atoms with E-state index < -0.39 is 0 Å². The molecule has 2 rings (SSSR count). The normalized spacial score (nSPS) is 9.74. The number of hydrogen-bond acceptors (Lipinski definition) is 0. The first-order chi connectivity index (χ1) is 8.83. The van der Waals surface area contributed by atoms with Crippen LogP contribution in [0.2, 0.25) is 0 Å². The molecule has 0 aliphatic carbocycles. The van der Waals surface area contributed by atoms with Crippen LogP contribution in [0.25, 0.3) is 11.1 Å². The van der Waals surface area contributed by atoms with Crippen molar-refractivity contribution in [3.8, 4) is 11.1 Å². The van der Waals surface area contributed by atoms with Crippen molar-refractivity contribution in [2.24, 2.45) is 0 Å². The summed E-state index contributed by atoms with van der Waals surface area (Å²) in [5, 5.41) is 0. The van der Waals surface area contributed by atoms with Gasteiger partial charge in [0, 0.05) is 0 Å². The Kier molecular flexibility index (Phi) is 7.00. The van der Waals surface area contributed by atoms with Crippen LogP contribution in [0.15, 0.2) is 61.2 Å². The van der Waals surface area contributed by atoms with Crippen LogP contribution in [-0.4, -0.2) is 0 Å². The molecular weight excluding hydrogens is 266 g/mol. The summed E-state index contributed by atoms with van der Waals surface area (Å²) in [6, 6.07) is 17.6. The van der Waals surface area contributed by atoms with E-state index in [0.29, 0.717) is 0 Å². The molecule has 0 aliphatic heterocycles. The largest absolute Gasteiger partial charge is 0.153 e. The lowest BCUT2D eigenvalue weighted by atomic mass is 10.0. The van der Waals surface area contributed by atoms with Gasteiger partial charge in [-0.1, -0.05) is 54.6 Å². The molecule has 2 aromatic rings. The Morgan fingerprint density at radius 1 is 0.842 bits per heavy atom. The van der Waals surface area contributed by atoms with Crippen LogP contribution in [0, 0.1) is 0 Å². The fraction of sp³-hybridized carbons (Fsp3) is 0.176. The number of benzene rings is 2. The van der Waals surface area contributed by atoms with Gasteiger partial charge in [0.15, 0.2) is 0 Å². The molecule has 2 unspecified atom stereocenters. The summed E-state index contributed by atoms with van der Waals surface area (Å²) in [4.78, 5) is 0. The number of hydrogen-bond donors (Lipinski definition) is 0. The summed E-state index contributed by atoms with van der Waals surface area (Å²) in [5.41, 5.74) is 5.30. The van der Waals surface area contributed by atoms with Crippen LogP contribution in [0.5, 0.6) is 0 Å². The Balaban J connectivity index is 0.00000180. The van der Waals surface area contributed by atoms with Crippen molar-refractivity contribution in [2.45, 2.75) is 19.0 Å². The Morgan fingerprint density at radius 3 is 1.74 bits per heavy atom. The molecule has 0 radical (unpaired) electrons. The highest BCUT2D eigenvalue weighted by Gasteiger charge is 1.98. The highest BCUT2D eigenvalue weighted by atomic mass is 31.0. The smallest absolute Gasteiger partial charge is 0.0128 e. The lowest BCUT2D eigenvalue weighted by molar-refractivity contribution is 1.00. The van der Waals surface area contributed by atoms with Crippen molar-refractivity contribution >= 4 is 19.1 Å². The van der Waals surface area contributed by atoms with Gasteiger partial charge in [-0.2, -0.15) is 9.90 Å². The third kappa shape index (κ3) is 4.57. The molecule has 2 aromatic carbocycles. The van der Waals surface area contributed by atoms with Crippen LogP contribution < -0.4 is 0 Å². The van der Waals surface area contributed by atoms with Crippen molar-refractivity contribution in [1.29, 1.82) is 0 Å². The maximum absolute atomic E-state index is 3.76. The van der Waals surface area contributed by atoms with Gasteiger partial charge in [0.2, 0.25) is 0 Å². The zero-order chi connectivity index (χ0) is 12.8. The lowest BCUT2D eigenvalue weighted by Crippen LogP contribution is -1.84. The van der Waals surface area contributed by atoms with E-state index in [4.69, 9.17) is 0 Å². The topological polar surface area (TPSA) is 0 Å². The zero-order valence-electron chi connectivity index (χ0n) is 11.3. The second-order valence-corrected chi connectivity index (χ2v) is 4.83. The van der Waals surface area contributed by atoms with Crippen molar-refractivity contribution in [3.05, 3.63) is 72.3 Å². The molecule has 19 heavy (non-hydrogen) atoms. The molecule has 0 heterocycles. The molecule has 0 spiro atoms. The van der Waals surface area contributed by atoms with Gasteiger partial charge in [0.1, 0.15) is 0 Å². The minimum absolute atomic E-state index is 0. The molecule has 0 N–H and O–H groups in total. The Labute approximate surface area is 122 Å². The van der Waals surface area contributed by atoms with E-state index >= 15 is 0 Å². The Bertz CT molecular complexity index is 498. The average molecular weight is 288 g/mol. The minimum Gasteiger partial charge on any atom is -0.153 e. The number of aryl methyl sites for hydroxylation is 1. The summed E-state index contributed by atoms with van der Waals surface area (Å²) < 4.78 is 0. The van der Waals surface area contributed by atoms with E-state index in [9.17, 15) is 0 Å². The lowest BCUT2D eigenvalue weighted by Gasteiger charge is -2.05. The van der Waals surface area contributed by atoms with Gasteiger partial charge in [-0.05, 0) is 41.3 Å². The van der Waals surface area contributed by atoms with Crippen molar-refractivity contribution in [1.82, 2.24) is 0 Å². The summed E-state index contributed by atoms with van der Waals surface area (Å²) >= 11 is 0. The molecule has 0 aliphatic rings. The second kappa shape index (κ2) is 8.26. The highest BCUT2D eigenvalue weighted by Crippen LogP contribution is 2.21. The third-order valence-electron chi connectivity index (χ3n) is 3.11. The minimum atomic E-state index is 0. The van der Waals surface area contributed by atoms with E-state index in [1.807, 2.05) is 6.08 Å². The van der Waals surface area contributed by atoms with Gasteiger partial charge in [-0.25, -0.2) is 0 Å². The molecule has 0 saturated heterocycles. The Morgan fingerprint density at radius 2 is 1.32 bits per heavy atom. The first-order valence-electron chi connectivity index (χ1n) is 6.32. The molecule has 0 saturated carbocycles. The molecular formula is C17H22P2.